The maximum absolute atomic E-state index is 13.5. The summed E-state index contributed by atoms with van der Waals surface area (Å²) >= 11 is 0. The summed E-state index contributed by atoms with van der Waals surface area (Å²) in [6.45, 7) is 1.81. The maximum Gasteiger partial charge on any atom is 0.220 e. The molecule has 0 spiro atoms. The Morgan fingerprint density at radius 3 is 0.933 bits per heavy atom. The van der Waals surface area contributed by atoms with Gasteiger partial charge in [0.1, 0.15) is 73.2 Å². The number of amides is 1. The van der Waals surface area contributed by atoms with Gasteiger partial charge in [0, 0.05) is 6.42 Å². The van der Waals surface area contributed by atoms with Crippen LogP contribution in [0.4, 0.5) is 0 Å². The number of aliphatic hydroxyl groups excluding tert-OH is 11. The van der Waals surface area contributed by atoms with Crippen LogP contribution in [0, 0.1) is 0 Å². The van der Waals surface area contributed by atoms with Gasteiger partial charge >= 0.3 is 0 Å². The Bertz CT molecular complexity index is 1970. The Hall–Kier alpha value is -1.73. The van der Waals surface area contributed by atoms with E-state index in [1.54, 1.807) is 6.08 Å². The number of hydrogen-bond acceptors (Lipinski definition) is 18. The van der Waals surface area contributed by atoms with E-state index in [4.69, 9.17) is 28.4 Å². The van der Waals surface area contributed by atoms with E-state index in [-0.39, 0.29) is 18.9 Å². The molecule has 104 heavy (non-hydrogen) atoms. The summed E-state index contributed by atoms with van der Waals surface area (Å²) in [7, 11) is 0. The van der Waals surface area contributed by atoms with Crippen molar-refractivity contribution < 1.29 is 89.4 Å². The van der Waals surface area contributed by atoms with Crippen molar-refractivity contribution in [3.8, 4) is 0 Å². The number of aliphatic hydroxyl groups is 11. The first-order valence-corrected chi connectivity index (χ1v) is 43.6. The van der Waals surface area contributed by atoms with E-state index in [2.05, 4.69) is 31.3 Å². The van der Waals surface area contributed by atoms with E-state index >= 15 is 0 Å². The first kappa shape index (κ1) is 96.5. The first-order chi connectivity index (χ1) is 50.8. The Kier molecular flexibility index (Phi) is 61.2. The van der Waals surface area contributed by atoms with E-state index in [9.17, 15) is 61.0 Å². The van der Waals surface area contributed by atoms with Crippen molar-refractivity contribution in [2.24, 2.45) is 0 Å². The number of hydrogen-bond donors (Lipinski definition) is 12. The highest BCUT2D eigenvalue weighted by Crippen LogP contribution is 2.34. The molecule has 0 aliphatic carbocycles. The SMILES string of the molecule is CCCCCCCCCC/C=C\CCCCCCCCCCCCCCCCCCCCCC(=O)NC(COC1OC(CO)C(OC2OC(CO)C(OC3OC(CO)C(O)C(O)C3O)C(O)C2O)C(O)C1O)C(O)/C=C/CCCCCCCCCCCCCCCCCCCCCCCCCCCC. The maximum atomic E-state index is 13.5. The van der Waals surface area contributed by atoms with E-state index in [1.807, 2.05) is 6.08 Å². The van der Waals surface area contributed by atoms with E-state index in [0.717, 1.165) is 44.9 Å². The zero-order valence-electron chi connectivity index (χ0n) is 66.0. The molecule has 3 saturated heterocycles. The van der Waals surface area contributed by atoms with Gasteiger partial charge in [-0.15, -0.1) is 0 Å². The van der Waals surface area contributed by atoms with Crippen molar-refractivity contribution in [2.45, 2.75) is 484 Å². The summed E-state index contributed by atoms with van der Waals surface area (Å²) in [5.41, 5.74) is 0. The Balaban J connectivity index is 1.34. The molecule has 3 rings (SSSR count). The minimum Gasteiger partial charge on any atom is -0.394 e. The fourth-order valence-electron chi connectivity index (χ4n) is 15.0. The molecule has 19 heteroatoms. The third kappa shape index (κ3) is 44.9. The second-order valence-electron chi connectivity index (χ2n) is 31.4. The molecule has 0 radical (unpaired) electrons. The molecular weight excluding hydrogens is 1320 g/mol. The summed E-state index contributed by atoms with van der Waals surface area (Å²) < 4.78 is 34.5. The topological polar surface area (TPSA) is 307 Å². The number of carbonyl (C=O) groups is 1. The minimum absolute atomic E-state index is 0.248. The predicted molar refractivity (Wildman–Crippen MR) is 416 cm³/mol. The number of unbranched alkanes of at least 4 members (excludes halogenated alkanes) is 53. The smallest absolute Gasteiger partial charge is 0.220 e. The van der Waals surface area contributed by atoms with Gasteiger partial charge in [-0.1, -0.05) is 353 Å². The molecule has 12 N–H and O–H groups in total. The molecular formula is C85H161NO18. The number of allylic oxidation sites excluding steroid dienone is 3. The van der Waals surface area contributed by atoms with Crippen molar-refractivity contribution in [3.63, 3.8) is 0 Å². The van der Waals surface area contributed by atoms with E-state index in [0.29, 0.717) is 6.42 Å². The fourth-order valence-corrected chi connectivity index (χ4v) is 15.0. The predicted octanol–water partition coefficient (Wildman–Crippen LogP) is 15.7. The molecule has 3 aliphatic heterocycles. The molecule has 1 amide bonds. The Morgan fingerprint density at radius 1 is 0.337 bits per heavy atom. The van der Waals surface area contributed by atoms with Crippen LogP contribution in [0.25, 0.3) is 0 Å². The average Bonchev–Trinajstić information content (AvgIpc) is 0.783. The quantitative estimate of drug-likeness (QED) is 0.0199. The van der Waals surface area contributed by atoms with E-state index in [1.165, 1.54) is 308 Å². The standard InChI is InChI=1S/C85H161NO18/c1-3-5-7-9-11-13-15-17-19-21-23-25-27-29-31-33-34-35-37-39-41-43-45-47-49-51-53-55-57-59-61-63-73(91)86-68(69(90)62-60-58-56-54-52-50-48-46-44-42-40-38-36-32-30-28-26-24-22-20-18-16-14-12-10-8-6-4-2)67-99-83-79(97)76(94)81(71(65-88)101-83)104-85-80(98)77(95)82(72(66-89)102-85)103-84-78(96)75(93)74(92)70(64-87)100-84/h21,23,60,62,68-72,74-85,87-90,92-98H,3-20,22,24-59,61,63-67H2,1-2H3,(H,86,91)/b23-21-,62-60+. The second-order valence-corrected chi connectivity index (χ2v) is 31.4. The molecule has 0 aromatic rings. The normalized spacial score (nSPS) is 26.0. The van der Waals surface area contributed by atoms with Gasteiger partial charge in [-0.05, 0) is 44.9 Å². The van der Waals surface area contributed by atoms with Crippen LogP contribution in [-0.4, -0.2) is 193 Å². The lowest BCUT2D eigenvalue weighted by atomic mass is 9.96. The molecule has 3 heterocycles. The second kappa shape index (κ2) is 65.9. The molecule has 17 unspecified atom stereocenters. The van der Waals surface area contributed by atoms with Crippen molar-refractivity contribution in [3.05, 3.63) is 24.3 Å². The molecule has 0 saturated carbocycles. The largest absolute Gasteiger partial charge is 0.394 e. The Labute approximate surface area is 632 Å². The third-order valence-electron chi connectivity index (χ3n) is 22.0. The van der Waals surface area contributed by atoms with Crippen LogP contribution in [0.2, 0.25) is 0 Å². The van der Waals surface area contributed by atoms with Gasteiger partial charge in [-0.2, -0.15) is 0 Å². The van der Waals surface area contributed by atoms with Crippen LogP contribution in [-0.2, 0) is 33.2 Å². The van der Waals surface area contributed by atoms with Crippen molar-refractivity contribution in [1.82, 2.24) is 5.32 Å². The molecule has 3 aliphatic rings. The Morgan fingerprint density at radius 2 is 0.606 bits per heavy atom. The van der Waals surface area contributed by atoms with E-state index < -0.39 is 124 Å². The van der Waals surface area contributed by atoms with Crippen molar-refractivity contribution in [2.75, 3.05) is 26.4 Å². The van der Waals surface area contributed by atoms with Gasteiger partial charge < -0.3 is 89.9 Å². The lowest BCUT2D eigenvalue weighted by molar-refractivity contribution is -0.379. The number of nitrogens with one attached hydrogen (secondary N) is 1. The monoisotopic (exact) mass is 1480 g/mol. The molecule has 0 aromatic carbocycles. The fraction of sp³-hybridized carbons (Fsp3) is 0.941. The van der Waals surface area contributed by atoms with Crippen molar-refractivity contribution >= 4 is 5.91 Å². The van der Waals surface area contributed by atoms with Gasteiger partial charge in [0.2, 0.25) is 5.91 Å². The number of rotatable bonds is 71. The van der Waals surface area contributed by atoms with Crippen LogP contribution in [0.15, 0.2) is 24.3 Å². The summed E-state index contributed by atoms with van der Waals surface area (Å²) in [5.74, 6) is -0.267. The summed E-state index contributed by atoms with van der Waals surface area (Å²) in [4.78, 5) is 13.5. The molecule has 19 nitrogen and oxygen atoms in total. The highest BCUT2D eigenvalue weighted by Gasteiger charge is 2.54. The van der Waals surface area contributed by atoms with Crippen LogP contribution in [0.3, 0.4) is 0 Å². The van der Waals surface area contributed by atoms with Gasteiger partial charge in [0.05, 0.1) is 38.6 Å². The van der Waals surface area contributed by atoms with Gasteiger partial charge in [-0.3, -0.25) is 4.79 Å². The molecule has 17 atom stereocenters. The molecule has 614 valence electrons. The zero-order valence-corrected chi connectivity index (χ0v) is 66.0. The lowest BCUT2D eigenvalue weighted by Gasteiger charge is -2.48. The summed E-state index contributed by atoms with van der Waals surface area (Å²) in [6.07, 6.45) is 54.6. The van der Waals surface area contributed by atoms with Crippen LogP contribution >= 0.6 is 0 Å². The molecule has 3 fully saturated rings. The molecule has 0 bridgehead atoms. The van der Waals surface area contributed by atoms with Gasteiger partial charge in [-0.25, -0.2) is 0 Å². The number of ether oxygens (including phenoxy) is 6. The highest BCUT2D eigenvalue weighted by molar-refractivity contribution is 5.76. The van der Waals surface area contributed by atoms with Crippen molar-refractivity contribution in [1.29, 1.82) is 0 Å². The summed E-state index contributed by atoms with van der Waals surface area (Å²) in [6, 6.07) is -0.972. The van der Waals surface area contributed by atoms with Crippen LogP contribution in [0.1, 0.15) is 380 Å². The van der Waals surface area contributed by atoms with Crippen LogP contribution in [0.5, 0.6) is 0 Å². The third-order valence-corrected chi connectivity index (χ3v) is 22.0. The van der Waals surface area contributed by atoms with Crippen LogP contribution < -0.4 is 5.32 Å². The average molecular weight is 1490 g/mol. The highest BCUT2D eigenvalue weighted by atomic mass is 16.8. The van der Waals surface area contributed by atoms with Gasteiger partial charge in [0.15, 0.2) is 18.9 Å². The van der Waals surface area contributed by atoms with Gasteiger partial charge in [0.25, 0.3) is 0 Å². The molecule has 0 aromatic heterocycles. The minimum atomic E-state index is -1.98. The zero-order chi connectivity index (χ0) is 75.3. The first-order valence-electron chi connectivity index (χ1n) is 43.6. The number of carbonyl (C=O) groups excluding carboxylic acids is 1. The lowest BCUT2D eigenvalue weighted by Crippen LogP contribution is -2.66. The summed E-state index contributed by atoms with van der Waals surface area (Å²) in [5, 5.41) is 121.